The Bertz CT molecular complexity index is 3510. The SMILES string of the molecule is C[C@@H]1c2c(C(F)(F)F)nn(CC(=O)N[C@@H](Cc3cc(F)cc(F)c3)c3nc(C#CC(C)(C)S(C)(=O)=O)ccc3-c3ccc(Cl)c4c(N(COP(=O)(OC(C)(C)C)OC(C)(C)C)S(C)(=O)=O)nn(CC(F)(F)F)c34)c2C(F)(F)[C@@H]1C. The molecule has 434 valence electrons. The molecule has 3 atom stereocenters. The van der Waals surface area contributed by atoms with Crippen molar-refractivity contribution in [2.24, 2.45) is 5.92 Å². The minimum Gasteiger partial charge on any atom is -0.346 e. The maximum absolute atomic E-state index is 15.9. The molecule has 30 heteroatoms. The molecule has 1 aliphatic rings. The number of aromatic nitrogens is 5. The third-order valence-electron chi connectivity index (χ3n) is 12.2. The van der Waals surface area contributed by atoms with Crippen molar-refractivity contribution < 1.29 is 83.7 Å². The van der Waals surface area contributed by atoms with Gasteiger partial charge in [-0.15, -0.1) is 0 Å². The molecule has 79 heavy (non-hydrogen) atoms. The highest BCUT2D eigenvalue weighted by Gasteiger charge is 2.57. The number of nitrogens with zero attached hydrogens (tertiary/aromatic N) is 6. The average Bonchev–Trinajstić information content (AvgIpc) is 3.86. The number of phosphoric acid groups is 1. The standard InChI is InChI=1S/C49H55ClF10N7O9PS2/c1-26-27(2)48(56,57)42-37(26)41(49(58,59)60)63-65(42)23-36(68)62-35(21-28-19-29(51)22-30(52)20-28)39-32(14-13-31(61-39)17-18-46(9,10)78(11,70)71)33-15-16-34(50)38-40(33)66(24-47(53,54)55)64-43(38)67(79(12,72)73)25-74-77(69,75-44(3,4)5)76-45(6,7)8/h13-16,19-20,22,26-27,35H,21,23-25H2,1-12H3,(H,62,68)/t26-,27+,35-/m0/s1. The number of anilines is 1. The van der Waals surface area contributed by atoms with Gasteiger partial charge in [-0.25, -0.2) is 39.5 Å². The van der Waals surface area contributed by atoms with Crippen LogP contribution in [-0.4, -0.2) is 88.7 Å². The number of sulfonamides is 1. The van der Waals surface area contributed by atoms with Gasteiger partial charge in [0.2, 0.25) is 15.9 Å². The minimum absolute atomic E-state index is 0.177. The van der Waals surface area contributed by atoms with Gasteiger partial charge < -0.3 is 5.32 Å². The van der Waals surface area contributed by atoms with Crippen molar-refractivity contribution in [3.05, 3.63) is 93.0 Å². The molecule has 0 aliphatic heterocycles. The lowest BCUT2D eigenvalue weighted by molar-refractivity contribution is -0.143. The molecule has 1 aliphatic carbocycles. The third kappa shape index (κ3) is 14.4. The molecule has 1 amide bonds. The number of carbonyl (C=O) groups excluding carboxylic acids is 1. The van der Waals surface area contributed by atoms with E-state index in [0.717, 1.165) is 50.4 Å². The van der Waals surface area contributed by atoms with Crippen LogP contribution in [0.1, 0.15) is 115 Å². The number of rotatable bonds is 16. The number of benzene rings is 2. The van der Waals surface area contributed by atoms with Crippen molar-refractivity contribution in [1.29, 1.82) is 0 Å². The van der Waals surface area contributed by atoms with Crippen LogP contribution in [0.3, 0.4) is 0 Å². The number of hydrogen-bond donors (Lipinski definition) is 1. The molecule has 0 unspecified atom stereocenters. The first-order valence-corrected chi connectivity index (χ1v) is 29.2. The van der Waals surface area contributed by atoms with Crippen molar-refractivity contribution in [1.82, 2.24) is 29.9 Å². The summed E-state index contributed by atoms with van der Waals surface area (Å²) in [5.41, 5.74) is -8.54. The zero-order valence-electron chi connectivity index (χ0n) is 44.4. The van der Waals surface area contributed by atoms with E-state index in [2.05, 4.69) is 32.3 Å². The number of phosphoric ester groups is 1. The molecule has 1 N–H and O–H groups in total. The van der Waals surface area contributed by atoms with Crippen LogP contribution >= 0.6 is 19.4 Å². The Kier molecular flexibility index (Phi) is 17.2. The number of pyridine rings is 1. The van der Waals surface area contributed by atoms with Crippen LogP contribution < -0.4 is 9.62 Å². The molecular weight excluding hydrogens is 1150 g/mol. The fourth-order valence-corrected chi connectivity index (χ4v) is 11.4. The first-order chi connectivity index (χ1) is 35.7. The number of hydrogen-bond acceptors (Lipinski definition) is 12. The Balaban J connectivity index is 1.65. The molecule has 0 fully saturated rings. The number of alkyl halides is 8. The van der Waals surface area contributed by atoms with Gasteiger partial charge in [-0.2, -0.15) is 45.3 Å². The second-order valence-corrected chi connectivity index (χ2v) is 27.8. The van der Waals surface area contributed by atoms with E-state index in [0.29, 0.717) is 21.3 Å². The van der Waals surface area contributed by atoms with Crippen LogP contribution in [0, 0.1) is 29.4 Å². The highest BCUT2D eigenvalue weighted by molar-refractivity contribution is 7.92. The third-order valence-corrected chi connectivity index (χ3v) is 17.5. The fraction of sp³-hybridized carbons (Fsp3) is 0.510. The van der Waals surface area contributed by atoms with Crippen LogP contribution in [0.5, 0.6) is 0 Å². The van der Waals surface area contributed by atoms with E-state index in [9.17, 15) is 61.3 Å². The molecule has 6 rings (SSSR count). The minimum atomic E-state index is -5.27. The van der Waals surface area contributed by atoms with Gasteiger partial charge in [-0.1, -0.05) is 37.4 Å². The molecule has 0 saturated heterocycles. The summed E-state index contributed by atoms with van der Waals surface area (Å²) in [7, 11) is -13.4. The molecule has 16 nitrogen and oxygen atoms in total. The molecule has 0 saturated carbocycles. The summed E-state index contributed by atoms with van der Waals surface area (Å²) < 4.78 is 232. The first kappa shape index (κ1) is 62.9. The van der Waals surface area contributed by atoms with Crippen LogP contribution in [0.15, 0.2) is 42.5 Å². The van der Waals surface area contributed by atoms with E-state index in [1.807, 2.05) is 0 Å². The number of amides is 1. The molecule has 3 heterocycles. The summed E-state index contributed by atoms with van der Waals surface area (Å²) in [6.07, 6.45) is -9.64. The summed E-state index contributed by atoms with van der Waals surface area (Å²) in [5.74, 6) is -6.41. The van der Waals surface area contributed by atoms with Crippen LogP contribution in [-0.2, 0) is 74.4 Å². The fourth-order valence-electron chi connectivity index (χ4n) is 8.38. The predicted octanol–water partition coefficient (Wildman–Crippen LogP) is 11.4. The van der Waals surface area contributed by atoms with E-state index >= 15 is 8.78 Å². The lowest BCUT2D eigenvalue weighted by Crippen LogP contribution is -2.35. The number of fused-ring (bicyclic) bond motifs is 2. The second kappa shape index (κ2) is 21.5. The van der Waals surface area contributed by atoms with Gasteiger partial charge >= 0.3 is 20.2 Å². The molecule has 3 aromatic heterocycles. The van der Waals surface area contributed by atoms with Crippen molar-refractivity contribution >= 4 is 61.9 Å². The van der Waals surface area contributed by atoms with Gasteiger partial charge in [-0.05, 0) is 110 Å². The van der Waals surface area contributed by atoms with Gasteiger partial charge in [0.1, 0.15) is 47.6 Å². The van der Waals surface area contributed by atoms with E-state index in [-0.39, 0.29) is 27.1 Å². The number of nitrogens with one attached hydrogen (secondary N) is 1. The van der Waals surface area contributed by atoms with Crippen molar-refractivity contribution in [3.8, 4) is 23.0 Å². The summed E-state index contributed by atoms with van der Waals surface area (Å²) >= 11 is 6.76. The van der Waals surface area contributed by atoms with Crippen LogP contribution in [0.25, 0.3) is 22.0 Å². The van der Waals surface area contributed by atoms with Crippen molar-refractivity contribution in [2.45, 2.75) is 135 Å². The number of halogens is 11. The zero-order chi connectivity index (χ0) is 59.8. The zero-order valence-corrected chi connectivity index (χ0v) is 47.7. The summed E-state index contributed by atoms with van der Waals surface area (Å²) in [4.78, 5) is 18.9. The molecule has 0 radical (unpaired) electrons. The van der Waals surface area contributed by atoms with Gasteiger partial charge in [0.15, 0.2) is 21.3 Å². The van der Waals surface area contributed by atoms with E-state index in [1.54, 1.807) is 0 Å². The second-order valence-electron chi connectivity index (χ2n) is 21.4. The lowest BCUT2D eigenvalue weighted by Gasteiger charge is -2.32. The Morgan fingerprint density at radius 2 is 1.44 bits per heavy atom. The maximum atomic E-state index is 15.9. The van der Waals surface area contributed by atoms with Gasteiger partial charge in [-0.3, -0.25) is 27.7 Å². The molecule has 2 aromatic carbocycles. The summed E-state index contributed by atoms with van der Waals surface area (Å²) in [6, 6.07) is 4.84. The molecule has 0 spiro atoms. The Morgan fingerprint density at radius 1 is 0.873 bits per heavy atom. The largest absolute Gasteiger partial charge is 0.477 e. The Labute approximate surface area is 454 Å². The average molecular weight is 1210 g/mol. The van der Waals surface area contributed by atoms with Crippen molar-refractivity contribution in [2.75, 3.05) is 23.5 Å². The van der Waals surface area contributed by atoms with Gasteiger partial charge in [0.25, 0.3) is 5.92 Å². The Hall–Kier alpha value is -5.30. The van der Waals surface area contributed by atoms with E-state index < -0.39 is 168 Å². The normalized spacial score (nSPS) is 16.9. The smallest absolute Gasteiger partial charge is 0.346 e. The van der Waals surface area contributed by atoms with Crippen molar-refractivity contribution in [3.63, 3.8) is 0 Å². The summed E-state index contributed by atoms with van der Waals surface area (Å²) in [5, 5.41) is 8.94. The van der Waals surface area contributed by atoms with Crippen LogP contribution in [0.2, 0.25) is 5.02 Å². The Morgan fingerprint density at radius 3 is 1.96 bits per heavy atom. The monoisotopic (exact) mass is 1210 g/mol. The molecule has 5 aromatic rings. The highest BCUT2D eigenvalue weighted by Crippen LogP contribution is 2.57. The molecular formula is C49H55ClF10N7O9PS2. The van der Waals surface area contributed by atoms with Gasteiger partial charge in [0.05, 0.1) is 45.1 Å². The summed E-state index contributed by atoms with van der Waals surface area (Å²) in [6.45, 7) is 8.88. The quantitative estimate of drug-likeness (QED) is 0.0426. The van der Waals surface area contributed by atoms with Gasteiger partial charge in [0, 0.05) is 34.9 Å². The van der Waals surface area contributed by atoms with Crippen LogP contribution in [0.4, 0.5) is 49.7 Å². The number of carbonyl (C=O) groups is 1. The highest BCUT2D eigenvalue weighted by atomic mass is 35.5. The maximum Gasteiger partial charge on any atom is 0.477 e. The topological polar surface area (TPSA) is 194 Å². The lowest BCUT2D eigenvalue weighted by atomic mass is 9.93. The van der Waals surface area contributed by atoms with E-state index in [1.165, 1.54) is 61.5 Å². The molecule has 0 bridgehead atoms. The first-order valence-electron chi connectivity index (χ1n) is 23.7. The van der Waals surface area contributed by atoms with E-state index in [4.69, 9.17) is 25.2 Å². The predicted molar refractivity (Wildman–Crippen MR) is 272 cm³/mol. The number of sulfone groups is 1.